The van der Waals surface area contributed by atoms with Gasteiger partial charge in [0.05, 0.1) is 6.54 Å². The summed E-state index contributed by atoms with van der Waals surface area (Å²) in [7, 11) is -1.95. The Labute approximate surface area is 141 Å². The van der Waals surface area contributed by atoms with Crippen LogP contribution in [0.4, 0.5) is 4.39 Å². The predicted molar refractivity (Wildman–Crippen MR) is 89.2 cm³/mol. The van der Waals surface area contributed by atoms with Gasteiger partial charge in [-0.15, -0.1) is 0 Å². The summed E-state index contributed by atoms with van der Waals surface area (Å²) in [4.78, 5) is 14.2. The van der Waals surface area contributed by atoms with Gasteiger partial charge in [0, 0.05) is 13.3 Å². The van der Waals surface area contributed by atoms with Gasteiger partial charge in [0.1, 0.15) is 18.2 Å². The number of hydrogen-bond acceptors (Lipinski definition) is 5. The lowest BCUT2D eigenvalue weighted by molar-refractivity contribution is -0.133. The monoisotopic (exact) mass is 358 g/mol. The van der Waals surface area contributed by atoms with Crippen LogP contribution in [-0.2, 0) is 14.6 Å². The van der Waals surface area contributed by atoms with Crippen LogP contribution in [0.15, 0.2) is 24.3 Å². The number of amides is 1. The number of hydrogen-bond donors (Lipinski definition) is 1. The molecular weight excluding hydrogens is 335 g/mol. The minimum Gasteiger partial charge on any atom is -0.492 e. The van der Waals surface area contributed by atoms with E-state index in [-0.39, 0.29) is 31.8 Å². The van der Waals surface area contributed by atoms with E-state index in [1.807, 2.05) is 0 Å². The Bertz CT molecular complexity index is 670. The molecule has 1 aromatic rings. The summed E-state index contributed by atoms with van der Waals surface area (Å²) in [6.07, 6.45) is 1.67. The molecule has 24 heavy (non-hydrogen) atoms. The molecule has 1 saturated heterocycles. The third kappa shape index (κ3) is 4.05. The molecule has 0 radical (unpaired) electrons. The van der Waals surface area contributed by atoms with Crippen molar-refractivity contribution < 1.29 is 22.3 Å². The fourth-order valence-electron chi connectivity index (χ4n) is 2.85. The molecule has 1 heterocycles. The summed E-state index contributed by atoms with van der Waals surface area (Å²) in [6.45, 7) is 1.45. The molecule has 0 spiro atoms. The number of halogens is 1. The first-order valence-corrected chi connectivity index (χ1v) is 9.70. The van der Waals surface area contributed by atoms with Gasteiger partial charge in [-0.1, -0.05) is 0 Å². The zero-order valence-corrected chi connectivity index (χ0v) is 14.7. The zero-order valence-electron chi connectivity index (χ0n) is 13.9. The number of carbonyl (C=O) groups excluding carboxylic acids is 1. The van der Waals surface area contributed by atoms with E-state index < -0.39 is 20.5 Å². The predicted octanol–water partition coefficient (Wildman–Crippen LogP) is 0.830. The van der Waals surface area contributed by atoms with Crippen LogP contribution < -0.4 is 10.1 Å². The number of rotatable bonds is 6. The van der Waals surface area contributed by atoms with Gasteiger partial charge < -0.3 is 15.0 Å². The molecule has 0 aliphatic carbocycles. The lowest BCUT2D eigenvalue weighted by atomic mass is 9.95. The maximum Gasteiger partial charge on any atom is 0.243 e. The molecule has 1 amide bonds. The first-order valence-electron chi connectivity index (χ1n) is 7.80. The molecule has 2 rings (SSSR count). The van der Waals surface area contributed by atoms with Crippen molar-refractivity contribution in [2.24, 2.45) is 0 Å². The topological polar surface area (TPSA) is 75.7 Å². The van der Waals surface area contributed by atoms with E-state index >= 15 is 0 Å². The Morgan fingerprint density at radius 1 is 1.29 bits per heavy atom. The molecule has 6 nitrogen and oxygen atoms in total. The second-order valence-corrected chi connectivity index (χ2v) is 8.37. The number of carbonyl (C=O) groups is 1. The van der Waals surface area contributed by atoms with Crippen molar-refractivity contribution in [2.45, 2.75) is 17.6 Å². The fourth-order valence-corrected chi connectivity index (χ4v) is 4.27. The Hall–Kier alpha value is -1.67. The molecule has 0 atom stereocenters. The van der Waals surface area contributed by atoms with Gasteiger partial charge in [0.25, 0.3) is 0 Å². The largest absolute Gasteiger partial charge is 0.492 e. The van der Waals surface area contributed by atoms with E-state index in [1.165, 1.54) is 29.2 Å². The number of nitrogens with one attached hydrogen (secondary N) is 1. The SMILES string of the molecule is CN(CCOc1ccc(F)cc1)C(=O)C1(S(C)(=O)=O)CCNCC1. The number of ether oxygens (including phenoxy) is 1. The minimum absolute atomic E-state index is 0.200. The molecule has 0 aromatic heterocycles. The summed E-state index contributed by atoms with van der Waals surface area (Å²) >= 11 is 0. The second-order valence-electron chi connectivity index (χ2n) is 6.05. The van der Waals surface area contributed by atoms with Crippen molar-refractivity contribution >= 4 is 15.7 Å². The molecule has 8 heteroatoms. The van der Waals surface area contributed by atoms with Crippen molar-refractivity contribution in [1.82, 2.24) is 10.2 Å². The molecule has 1 aliphatic heterocycles. The smallest absolute Gasteiger partial charge is 0.243 e. The molecule has 0 unspecified atom stereocenters. The molecule has 1 fully saturated rings. The normalized spacial score (nSPS) is 17.3. The van der Waals surface area contributed by atoms with Crippen LogP contribution in [0.1, 0.15) is 12.8 Å². The first-order chi connectivity index (χ1) is 11.3. The number of sulfone groups is 1. The van der Waals surface area contributed by atoms with Crippen molar-refractivity contribution in [3.05, 3.63) is 30.1 Å². The number of piperidine rings is 1. The standard InChI is InChI=1S/C16H23FN2O4S/c1-19(11-12-23-14-5-3-13(17)4-6-14)15(20)16(24(2,21)22)7-9-18-10-8-16/h3-6,18H,7-12H2,1-2H3. The highest BCUT2D eigenvalue weighted by molar-refractivity contribution is 7.92. The van der Waals surface area contributed by atoms with E-state index in [0.29, 0.717) is 18.8 Å². The molecule has 1 aliphatic rings. The van der Waals surface area contributed by atoms with Crippen molar-refractivity contribution in [2.75, 3.05) is 39.5 Å². The van der Waals surface area contributed by atoms with Gasteiger partial charge in [-0.3, -0.25) is 4.79 Å². The first kappa shape index (κ1) is 18.7. The summed E-state index contributed by atoms with van der Waals surface area (Å²) in [5.41, 5.74) is 0. The van der Waals surface area contributed by atoms with E-state index in [4.69, 9.17) is 4.74 Å². The fraction of sp³-hybridized carbons (Fsp3) is 0.562. The Morgan fingerprint density at radius 3 is 2.42 bits per heavy atom. The van der Waals surface area contributed by atoms with Crippen LogP contribution in [0, 0.1) is 5.82 Å². The quantitative estimate of drug-likeness (QED) is 0.815. The van der Waals surface area contributed by atoms with Crippen LogP contribution in [0.2, 0.25) is 0 Å². The minimum atomic E-state index is -3.53. The van der Waals surface area contributed by atoms with E-state index in [0.717, 1.165) is 6.26 Å². The molecule has 1 aromatic carbocycles. The van der Waals surface area contributed by atoms with Gasteiger partial charge >= 0.3 is 0 Å². The average Bonchev–Trinajstić information content (AvgIpc) is 2.55. The van der Waals surface area contributed by atoms with E-state index in [9.17, 15) is 17.6 Å². The number of benzene rings is 1. The van der Waals surface area contributed by atoms with Crippen LogP contribution in [0.25, 0.3) is 0 Å². The molecule has 134 valence electrons. The van der Waals surface area contributed by atoms with E-state index in [2.05, 4.69) is 5.32 Å². The van der Waals surface area contributed by atoms with Gasteiger partial charge in [0.15, 0.2) is 14.6 Å². The van der Waals surface area contributed by atoms with Gasteiger partial charge in [-0.05, 0) is 50.2 Å². The lowest BCUT2D eigenvalue weighted by Crippen LogP contribution is -2.57. The van der Waals surface area contributed by atoms with Crippen LogP contribution >= 0.6 is 0 Å². The third-order valence-electron chi connectivity index (χ3n) is 4.37. The molecule has 1 N–H and O–H groups in total. The Morgan fingerprint density at radius 2 is 1.88 bits per heavy atom. The summed E-state index contributed by atoms with van der Waals surface area (Å²) in [6, 6.07) is 5.58. The van der Waals surface area contributed by atoms with Crippen molar-refractivity contribution in [3.8, 4) is 5.75 Å². The van der Waals surface area contributed by atoms with Gasteiger partial charge in [0.2, 0.25) is 5.91 Å². The zero-order chi connectivity index (χ0) is 17.8. The van der Waals surface area contributed by atoms with Crippen LogP contribution in [-0.4, -0.2) is 63.5 Å². The van der Waals surface area contributed by atoms with Crippen LogP contribution in [0.5, 0.6) is 5.75 Å². The summed E-state index contributed by atoms with van der Waals surface area (Å²) < 4.78 is 41.4. The maximum atomic E-state index is 12.8. The lowest BCUT2D eigenvalue weighted by Gasteiger charge is -2.37. The summed E-state index contributed by atoms with van der Waals surface area (Å²) in [5, 5.41) is 3.08. The molecule has 0 saturated carbocycles. The average molecular weight is 358 g/mol. The third-order valence-corrected chi connectivity index (χ3v) is 6.37. The number of likely N-dealkylation sites (N-methyl/N-ethyl adjacent to an activating group) is 1. The Kier molecular flexibility index (Phi) is 5.82. The summed E-state index contributed by atoms with van der Waals surface area (Å²) in [5.74, 6) is -0.248. The highest BCUT2D eigenvalue weighted by Crippen LogP contribution is 2.29. The van der Waals surface area contributed by atoms with E-state index in [1.54, 1.807) is 7.05 Å². The molecule has 0 bridgehead atoms. The Balaban J connectivity index is 1.98. The highest BCUT2D eigenvalue weighted by atomic mass is 32.2. The van der Waals surface area contributed by atoms with Gasteiger partial charge in [-0.25, -0.2) is 12.8 Å². The van der Waals surface area contributed by atoms with Crippen LogP contribution in [0.3, 0.4) is 0 Å². The van der Waals surface area contributed by atoms with Crippen molar-refractivity contribution in [1.29, 1.82) is 0 Å². The molecular formula is C16H23FN2O4S. The van der Waals surface area contributed by atoms with Crippen molar-refractivity contribution in [3.63, 3.8) is 0 Å². The highest BCUT2D eigenvalue weighted by Gasteiger charge is 2.49. The van der Waals surface area contributed by atoms with Gasteiger partial charge in [-0.2, -0.15) is 0 Å². The second kappa shape index (κ2) is 7.48. The number of nitrogens with zero attached hydrogens (tertiary/aromatic N) is 1. The maximum absolute atomic E-state index is 12.8.